The Morgan fingerprint density at radius 3 is 2.16 bits per heavy atom. The summed E-state index contributed by atoms with van der Waals surface area (Å²) >= 11 is 0. The molecule has 204 valence electrons. The van der Waals surface area contributed by atoms with Gasteiger partial charge in [0.1, 0.15) is 24.0 Å². The maximum Gasteiger partial charge on any atom is 0.407 e. The molecule has 38 heavy (non-hydrogen) atoms. The molecular formula is C26H31N3O9. The van der Waals surface area contributed by atoms with Crippen LogP contribution in [0.15, 0.2) is 48.5 Å². The van der Waals surface area contributed by atoms with E-state index < -0.39 is 35.6 Å². The number of carboxylic acids is 2. The predicted octanol–water partition coefficient (Wildman–Crippen LogP) is 1.72. The molecular weight excluding hydrogens is 498 g/mol. The second-order valence-corrected chi connectivity index (χ2v) is 9.19. The topological polar surface area (TPSA) is 180 Å². The normalized spacial score (nSPS) is 11.6. The van der Waals surface area contributed by atoms with Crippen molar-refractivity contribution < 1.29 is 43.7 Å². The van der Waals surface area contributed by atoms with E-state index in [0.717, 1.165) is 5.56 Å². The van der Waals surface area contributed by atoms with Crippen LogP contribution in [0.3, 0.4) is 0 Å². The first-order valence-electron chi connectivity index (χ1n) is 11.7. The number of alkyl carbamates (subject to hydrolysis) is 1. The van der Waals surface area contributed by atoms with Crippen LogP contribution in [0.1, 0.15) is 42.3 Å². The van der Waals surface area contributed by atoms with Crippen LogP contribution in [0.5, 0.6) is 5.75 Å². The number of carboxylic acid groups (broad SMARTS) is 2. The molecule has 0 saturated heterocycles. The number of hydrogen-bond acceptors (Lipinski definition) is 7. The molecule has 0 saturated carbocycles. The van der Waals surface area contributed by atoms with Gasteiger partial charge in [0, 0.05) is 25.1 Å². The Morgan fingerprint density at radius 1 is 0.895 bits per heavy atom. The largest absolute Gasteiger partial charge is 0.489 e. The van der Waals surface area contributed by atoms with Gasteiger partial charge in [-0.3, -0.25) is 9.59 Å². The molecule has 2 aromatic rings. The molecule has 0 aliphatic heterocycles. The van der Waals surface area contributed by atoms with E-state index in [1.54, 1.807) is 69.3 Å². The summed E-state index contributed by atoms with van der Waals surface area (Å²) < 4.78 is 10.9. The highest BCUT2D eigenvalue weighted by Crippen LogP contribution is 2.16. The second kappa shape index (κ2) is 13.6. The van der Waals surface area contributed by atoms with Crippen LogP contribution in [0.25, 0.3) is 0 Å². The smallest absolute Gasteiger partial charge is 0.407 e. The fraction of sp³-hybridized carbons (Fsp3) is 0.346. The standard InChI is InChI=1S/C26H31N3O9/c1-26(2,3)38-25(36)28-12-11-27-21(30)18-6-4-5-17(13-18)15-37-19-9-7-16(8-10-19)14-20(23(32)33)29-22(31)24(34)35/h4-10,13,20H,11-12,14-15H2,1-3H3,(H,27,30)(H,28,36)(H,29,31)(H,32,33)(H,34,35)/t20-/m1/s1. The minimum atomic E-state index is -1.77. The second-order valence-electron chi connectivity index (χ2n) is 9.19. The molecule has 0 heterocycles. The number of ether oxygens (including phenoxy) is 2. The van der Waals surface area contributed by atoms with E-state index in [2.05, 4.69) is 10.6 Å². The third-order valence-corrected chi connectivity index (χ3v) is 4.83. The van der Waals surface area contributed by atoms with Crippen LogP contribution < -0.4 is 20.7 Å². The first kappa shape index (κ1) is 29.6. The van der Waals surface area contributed by atoms with Crippen LogP contribution in [0.4, 0.5) is 4.79 Å². The summed E-state index contributed by atoms with van der Waals surface area (Å²) in [6.45, 7) is 5.85. The average Bonchev–Trinajstić information content (AvgIpc) is 2.84. The molecule has 12 heteroatoms. The van der Waals surface area contributed by atoms with Crippen LogP contribution in [-0.4, -0.2) is 64.8 Å². The van der Waals surface area contributed by atoms with Gasteiger partial charge < -0.3 is 35.6 Å². The highest BCUT2D eigenvalue weighted by molar-refractivity contribution is 6.31. The predicted molar refractivity (Wildman–Crippen MR) is 135 cm³/mol. The molecule has 2 aromatic carbocycles. The number of aliphatic carboxylic acids is 2. The Labute approximate surface area is 219 Å². The molecule has 0 spiro atoms. The highest BCUT2D eigenvalue weighted by Gasteiger charge is 2.23. The van der Waals surface area contributed by atoms with Crippen LogP contribution >= 0.6 is 0 Å². The van der Waals surface area contributed by atoms with Crippen LogP contribution in [0.2, 0.25) is 0 Å². The number of nitrogens with one attached hydrogen (secondary N) is 3. The van der Waals surface area contributed by atoms with Gasteiger partial charge in [-0.1, -0.05) is 24.3 Å². The van der Waals surface area contributed by atoms with E-state index in [0.29, 0.717) is 16.9 Å². The van der Waals surface area contributed by atoms with Gasteiger partial charge in [-0.2, -0.15) is 0 Å². The van der Waals surface area contributed by atoms with Crippen LogP contribution in [-0.2, 0) is 32.1 Å². The van der Waals surface area contributed by atoms with Crippen molar-refractivity contribution in [3.63, 3.8) is 0 Å². The van der Waals surface area contributed by atoms with E-state index in [4.69, 9.17) is 14.6 Å². The summed E-state index contributed by atoms with van der Waals surface area (Å²) in [6.07, 6.45) is -0.676. The molecule has 3 amide bonds. The van der Waals surface area contributed by atoms with Crippen molar-refractivity contribution in [1.29, 1.82) is 0 Å². The van der Waals surface area contributed by atoms with Gasteiger partial charge in [0.15, 0.2) is 0 Å². The first-order valence-corrected chi connectivity index (χ1v) is 11.7. The maximum absolute atomic E-state index is 12.4. The molecule has 0 unspecified atom stereocenters. The number of hydrogen-bond donors (Lipinski definition) is 5. The first-order chi connectivity index (χ1) is 17.8. The summed E-state index contributed by atoms with van der Waals surface area (Å²) in [5.74, 6) is -4.35. The van der Waals surface area contributed by atoms with Crippen molar-refractivity contribution in [2.24, 2.45) is 0 Å². The molecule has 0 bridgehead atoms. The lowest BCUT2D eigenvalue weighted by Crippen LogP contribution is -2.45. The lowest BCUT2D eigenvalue weighted by atomic mass is 10.1. The lowest BCUT2D eigenvalue weighted by Gasteiger charge is -2.19. The van der Waals surface area contributed by atoms with Crippen LogP contribution in [0, 0.1) is 0 Å². The molecule has 0 radical (unpaired) electrons. The molecule has 1 atom stereocenters. The molecule has 0 aliphatic carbocycles. The van der Waals surface area contributed by atoms with E-state index in [1.165, 1.54) is 0 Å². The zero-order valence-corrected chi connectivity index (χ0v) is 21.3. The number of carbonyl (C=O) groups is 5. The Balaban J connectivity index is 1.85. The maximum atomic E-state index is 12.4. The van der Waals surface area contributed by atoms with Gasteiger partial charge in [0.2, 0.25) is 0 Å². The summed E-state index contributed by atoms with van der Waals surface area (Å²) in [4.78, 5) is 57.3. The molecule has 0 fully saturated rings. The third kappa shape index (κ3) is 10.6. The molecule has 5 N–H and O–H groups in total. The van der Waals surface area contributed by atoms with Gasteiger partial charge in [-0.25, -0.2) is 14.4 Å². The van der Waals surface area contributed by atoms with E-state index >= 15 is 0 Å². The van der Waals surface area contributed by atoms with Crippen molar-refractivity contribution in [1.82, 2.24) is 16.0 Å². The summed E-state index contributed by atoms with van der Waals surface area (Å²) in [5, 5.41) is 25.1. The Bertz CT molecular complexity index is 1160. The zero-order chi connectivity index (χ0) is 28.3. The van der Waals surface area contributed by atoms with Gasteiger partial charge in [0.25, 0.3) is 5.91 Å². The quantitative estimate of drug-likeness (QED) is 0.214. The fourth-order valence-electron chi connectivity index (χ4n) is 3.10. The number of benzene rings is 2. The summed E-state index contributed by atoms with van der Waals surface area (Å²) in [6, 6.07) is 11.9. The highest BCUT2D eigenvalue weighted by atomic mass is 16.6. The third-order valence-electron chi connectivity index (χ3n) is 4.83. The van der Waals surface area contributed by atoms with Gasteiger partial charge in [-0.15, -0.1) is 0 Å². The summed E-state index contributed by atoms with van der Waals surface area (Å²) in [5.41, 5.74) is 1.09. The summed E-state index contributed by atoms with van der Waals surface area (Å²) in [7, 11) is 0. The van der Waals surface area contributed by atoms with E-state index in [-0.39, 0.29) is 32.0 Å². The zero-order valence-electron chi connectivity index (χ0n) is 21.3. The van der Waals surface area contributed by atoms with Gasteiger partial charge in [-0.05, 0) is 56.2 Å². The molecule has 0 aromatic heterocycles. The number of carbonyl (C=O) groups excluding carboxylic acids is 3. The fourth-order valence-corrected chi connectivity index (χ4v) is 3.10. The van der Waals surface area contributed by atoms with Crippen molar-refractivity contribution >= 4 is 29.8 Å². The number of rotatable bonds is 11. The number of amides is 3. The molecule has 12 nitrogen and oxygen atoms in total. The average molecular weight is 530 g/mol. The Kier molecular flexibility index (Phi) is 10.6. The molecule has 0 aliphatic rings. The van der Waals surface area contributed by atoms with Crippen molar-refractivity contribution in [2.75, 3.05) is 13.1 Å². The van der Waals surface area contributed by atoms with Crippen molar-refractivity contribution in [3.8, 4) is 5.75 Å². The minimum absolute atomic E-state index is 0.112. The minimum Gasteiger partial charge on any atom is -0.489 e. The Hall–Kier alpha value is -4.61. The molecule has 2 rings (SSSR count). The SMILES string of the molecule is CC(C)(C)OC(=O)NCCNC(=O)c1cccc(COc2ccc(C[C@@H](NC(=O)C(=O)O)C(=O)O)cc2)c1. The Morgan fingerprint density at radius 2 is 1.55 bits per heavy atom. The monoisotopic (exact) mass is 529 g/mol. The van der Waals surface area contributed by atoms with E-state index in [9.17, 15) is 29.1 Å². The van der Waals surface area contributed by atoms with Gasteiger partial charge >= 0.3 is 23.9 Å². The van der Waals surface area contributed by atoms with Crippen molar-refractivity contribution in [3.05, 3.63) is 65.2 Å². The van der Waals surface area contributed by atoms with Crippen molar-refractivity contribution in [2.45, 2.75) is 45.4 Å². The van der Waals surface area contributed by atoms with E-state index in [1.807, 2.05) is 5.32 Å². The lowest BCUT2D eigenvalue weighted by molar-refractivity contribution is -0.152. The van der Waals surface area contributed by atoms with Gasteiger partial charge in [0.05, 0.1) is 0 Å².